The van der Waals surface area contributed by atoms with Gasteiger partial charge < -0.3 is 9.90 Å². The van der Waals surface area contributed by atoms with E-state index in [-0.39, 0.29) is 0 Å². The summed E-state index contributed by atoms with van der Waals surface area (Å²) >= 11 is 0. The minimum absolute atomic E-state index is 0.641. The number of hydrogen-bond acceptors (Lipinski definition) is 2. The van der Waals surface area contributed by atoms with Gasteiger partial charge in [0.2, 0.25) is 0 Å². The molecule has 0 aromatic heterocycles. The molecule has 0 rings (SSSR count). The van der Waals surface area contributed by atoms with Gasteiger partial charge in [0.1, 0.15) is 6.29 Å². The molecule has 0 aliphatic heterocycles. The summed E-state index contributed by atoms with van der Waals surface area (Å²) in [5.74, 6) is 0. The smallest absolute Gasteiger partial charge is 0.119 e. The van der Waals surface area contributed by atoms with Gasteiger partial charge in [-0.15, -0.1) is 6.58 Å². The Morgan fingerprint density at radius 1 is 1.12 bits per heavy atom. The first-order valence-corrected chi connectivity index (χ1v) is 6.48. The summed E-state index contributed by atoms with van der Waals surface area (Å²) < 4.78 is 0. The van der Waals surface area contributed by atoms with E-state index in [1.165, 1.54) is 12.8 Å². The Morgan fingerprint density at radius 3 is 2.25 bits per heavy atom. The molecular weight excluding hydrogens is 200 g/mol. The Kier molecular flexibility index (Phi) is 9.21. The molecule has 1 atom stereocenters. The molecule has 1 N–H and O–H groups in total. The van der Waals surface area contributed by atoms with Crippen LogP contribution in [0.1, 0.15) is 64.7 Å². The van der Waals surface area contributed by atoms with Crippen molar-refractivity contribution in [1.82, 2.24) is 0 Å². The fraction of sp³-hybridized carbons (Fsp3) is 0.786. The Hall–Kier alpha value is -0.630. The largest absolute Gasteiger partial charge is 0.386 e. The first kappa shape index (κ1) is 15.4. The van der Waals surface area contributed by atoms with Crippen molar-refractivity contribution in [2.45, 2.75) is 70.3 Å². The van der Waals surface area contributed by atoms with Crippen molar-refractivity contribution >= 4 is 6.29 Å². The third-order valence-corrected chi connectivity index (χ3v) is 3.02. The first-order chi connectivity index (χ1) is 7.68. The molecule has 0 aliphatic rings. The van der Waals surface area contributed by atoms with Crippen molar-refractivity contribution in [1.29, 1.82) is 0 Å². The molecular formula is C14H26O2. The van der Waals surface area contributed by atoms with Crippen molar-refractivity contribution < 1.29 is 9.90 Å². The lowest BCUT2D eigenvalue weighted by molar-refractivity contribution is -0.107. The maximum atomic E-state index is 10.2. The van der Waals surface area contributed by atoms with Crippen LogP contribution in [-0.4, -0.2) is 17.0 Å². The van der Waals surface area contributed by atoms with Crippen LogP contribution in [0.3, 0.4) is 0 Å². The number of unbranched alkanes of at least 4 members (excludes halogenated alkanes) is 5. The molecule has 0 aromatic carbocycles. The first-order valence-electron chi connectivity index (χ1n) is 6.48. The van der Waals surface area contributed by atoms with Crippen LogP contribution in [0.4, 0.5) is 0 Å². The highest BCUT2D eigenvalue weighted by Gasteiger charge is 2.20. The average Bonchev–Trinajstić information content (AvgIpc) is 2.29. The van der Waals surface area contributed by atoms with Gasteiger partial charge in [0.15, 0.2) is 0 Å². The van der Waals surface area contributed by atoms with Crippen molar-refractivity contribution in [3.63, 3.8) is 0 Å². The Balaban J connectivity index is 3.69. The van der Waals surface area contributed by atoms with E-state index in [2.05, 4.69) is 13.5 Å². The van der Waals surface area contributed by atoms with Crippen LogP contribution >= 0.6 is 0 Å². The average molecular weight is 226 g/mol. The highest BCUT2D eigenvalue weighted by molar-refractivity contribution is 5.48. The van der Waals surface area contributed by atoms with Gasteiger partial charge in [-0.2, -0.15) is 0 Å². The molecule has 0 radical (unpaired) electrons. The summed E-state index contributed by atoms with van der Waals surface area (Å²) in [7, 11) is 0. The zero-order valence-electron chi connectivity index (χ0n) is 10.6. The second-order valence-electron chi connectivity index (χ2n) is 4.53. The molecule has 0 fully saturated rings. The van der Waals surface area contributed by atoms with Crippen molar-refractivity contribution in [3.8, 4) is 0 Å². The zero-order valence-corrected chi connectivity index (χ0v) is 10.6. The van der Waals surface area contributed by atoms with Crippen LogP contribution < -0.4 is 0 Å². The summed E-state index contributed by atoms with van der Waals surface area (Å²) in [5.41, 5.74) is -0.684. The molecule has 0 bridgehead atoms. The molecule has 2 nitrogen and oxygen atoms in total. The highest BCUT2D eigenvalue weighted by Crippen LogP contribution is 2.23. The summed E-state index contributed by atoms with van der Waals surface area (Å²) in [6.07, 6.45) is 11.2. The SMILES string of the molecule is C=CC(O)(CCCCC)CCCCCC=O. The van der Waals surface area contributed by atoms with E-state index in [1.807, 2.05) is 0 Å². The molecule has 0 saturated heterocycles. The fourth-order valence-electron chi connectivity index (χ4n) is 1.85. The van der Waals surface area contributed by atoms with Gasteiger partial charge in [-0.3, -0.25) is 0 Å². The molecule has 0 aromatic rings. The van der Waals surface area contributed by atoms with Crippen LogP contribution in [0, 0.1) is 0 Å². The second kappa shape index (κ2) is 9.59. The fourth-order valence-corrected chi connectivity index (χ4v) is 1.85. The van der Waals surface area contributed by atoms with Gasteiger partial charge in [-0.25, -0.2) is 0 Å². The Bertz CT molecular complexity index is 189. The third-order valence-electron chi connectivity index (χ3n) is 3.02. The topological polar surface area (TPSA) is 37.3 Å². The second-order valence-corrected chi connectivity index (χ2v) is 4.53. The lowest BCUT2D eigenvalue weighted by Crippen LogP contribution is -2.25. The monoisotopic (exact) mass is 226 g/mol. The summed E-state index contributed by atoms with van der Waals surface area (Å²) in [5, 5.41) is 10.2. The van der Waals surface area contributed by atoms with E-state index < -0.39 is 5.60 Å². The highest BCUT2D eigenvalue weighted by atomic mass is 16.3. The number of hydrogen-bond donors (Lipinski definition) is 1. The van der Waals surface area contributed by atoms with Gasteiger partial charge in [-0.05, 0) is 19.3 Å². The van der Waals surface area contributed by atoms with Crippen molar-refractivity contribution in [3.05, 3.63) is 12.7 Å². The molecule has 16 heavy (non-hydrogen) atoms. The predicted octanol–water partition coefficient (Wildman–Crippen LogP) is 3.63. The van der Waals surface area contributed by atoms with E-state index >= 15 is 0 Å². The van der Waals surface area contributed by atoms with E-state index in [4.69, 9.17) is 0 Å². The van der Waals surface area contributed by atoms with E-state index in [0.29, 0.717) is 6.42 Å². The minimum atomic E-state index is -0.684. The van der Waals surface area contributed by atoms with E-state index in [0.717, 1.165) is 44.8 Å². The summed E-state index contributed by atoms with van der Waals surface area (Å²) in [6.45, 7) is 5.88. The molecule has 2 heteroatoms. The minimum Gasteiger partial charge on any atom is -0.386 e. The molecule has 0 amide bonds. The van der Waals surface area contributed by atoms with Crippen LogP contribution in [0.5, 0.6) is 0 Å². The quantitative estimate of drug-likeness (QED) is 0.332. The summed E-state index contributed by atoms with van der Waals surface area (Å²) in [6, 6.07) is 0. The zero-order chi connectivity index (χ0) is 12.3. The number of aliphatic hydroxyl groups is 1. The normalized spacial score (nSPS) is 14.4. The van der Waals surface area contributed by atoms with Crippen molar-refractivity contribution in [2.24, 2.45) is 0 Å². The molecule has 0 saturated carbocycles. The Morgan fingerprint density at radius 2 is 1.75 bits per heavy atom. The number of carbonyl (C=O) groups is 1. The maximum absolute atomic E-state index is 10.2. The molecule has 94 valence electrons. The third kappa shape index (κ3) is 7.63. The lowest BCUT2D eigenvalue weighted by Gasteiger charge is -2.24. The number of carbonyl (C=O) groups excluding carboxylic acids is 1. The van der Waals surface area contributed by atoms with Gasteiger partial charge in [-0.1, -0.05) is 45.1 Å². The molecule has 0 aliphatic carbocycles. The van der Waals surface area contributed by atoms with Crippen LogP contribution in [0.15, 0.2) is 12.7 Å². The number of aldehydes is 1. The lowest BCUT2D eigenvalue weighted by atomic mass is 9.90. The standard InChI is InChI=1S/C14H26O2/c1-3-5-8-11-14(16,4-2)12-9-6-7-10-13-15/h4,13,16H,2-3,5-12H2,1H3. The van der Waals surface area contributed by atoms with Crippen LogP contribution in [-0.2, 0) is 4.79 Å². The van der Waals surface area contributed by atoms with E-state index in [1.54, 1.807) is 6.08 Å². The van der Waals surface area contributed by atoms with Crippen LogP contribution in [0.2, 0.25) is 0 Å². The van der Waals surface area contributed by atoms with Gasteiger partial charge >= 0.3 is 0 Å². The van der Waals surface area contributed by atoms with Gasteiger partial charge in [0, 0.05) is 6.42 Å². The predicted molar refractivity (Wildman–Crippen MR) is 68.4 cm³/mol. The maximum Gasteiger partial charge on any atom is 0.119 e. The van der Waals surface area contributed by atoms with Gasteiger partial charge in [0.25, 0.3) is 0 Å². The summed E-state index contributed by atoms with van der Waals surface area (Å²) in [4.78, 5) is 10.1. The Labute approximate surface area is 99.7 Å². The van der Waals surface area contributed by atoms with Crippen molar-refractivity contribution in [2.75, 3.05) is 0 Å². The molecule has 0 spiro atoms. The molecule has 1 unspecified atom stereocenters. The van der Waals surface area contributed by atoms with Gasteiger partial charge in [0.05, 0.1) is 5.60 Å². The van der Waals surface area contributed by atoms with Crippen LogP contribution in [0.25, 0.3) is 0 Å². The van der Waals surface area contributed by atoms with E-state index in [9.17, 15) is 9.90 Å². The number of rotatable bonds is 11. The molecule has 0 heterocycles.